The molecule has 0 amide bonds. The number of Topliss-reactive ketones (excluding diaryl/α,β-unsaturated/α-hetero) is 1. The number of hydrogen-bond acceptors (Lipinski definition) is 4. The molecule has 0 saturated carbocycles. The van der Waals surface area contributed by atoms with Crippen LogP contribution in [-0.4, -0.2) is 24.5 Å². The minimum Gasteiger partial charge on any atom is -0.496 e. The van der Waals surface area contributed by atoms with E-state index < -0.39 is 0 Å². The monoisotopic (exact) mass is 399 g/mol. The first-order valence-corrected chi connectivity index (χ1v) is 7.29. The molecule has 1 heterocycles. The van der Waals surface area contributed by atoms with E-state index in [1.54, 1.807) is 43.8 Å². The number of pyridine rings is 1. The Morgan fingerprint density at radius 1 is 1.25 bits per heavy atom. The molecule has 0 aliphatic heterocycles. The predicted octanol–water partition coefficient (Wildman–Crippen LogP) is 3.88. The summed E-state index contributed by atoms with van der Waals surface area (Å²) in [6, 6.07) is 6.90. The number of ketones is 1. The lowest BCUT2D eigenvalue weighted by molar-refractivity contribution is 0.0921. The third-order valence-electron chi connectivity index (χ3n) is 2.52. The maximum atomic E-state index is 12.0. The van der Waals surface area contributed by atoms with Crippen molar-refractivity contribution in [2.75, 3.05) is 13.7 Å². The summed E-state index contributed by atoms with van der Waals surface area (Å²) in [5, 5.41) is 0. The van der Waals surface area contributed by atoms with Gasteiger partial charge in [0.05, 0.1) is 17.8 Å². The third kappa shape index (κ3) is 3.80. The summed E-state index contributed by atoms with van der Waals surface area (Å²) < 4.78 is 12.1. The van der Waals surface area contributed by atoms with Crippen molar-refractivity contribution < 1.29 is 14.3 Å². The molecule has 1 aromatic carbocycles. The number of rotatable bonds is 5. The van der Waals surface area contributed by atoms with Gasteiger partial charge < -0.3 is 9.47 Å². The van der Waals surface area contributed by atoms with Crippen molar-refractivity contribution in [3.05, 3.63) is 51.2 Å². The number of aromatic nitrogens is 1. The van der Waals surface area contributed by atoms with Crippen LogP contribution < -0.4 is 9.47 Å². The van der Waals surface area contributed by atoms with Crippen LogP contribution in [0.2, 0.25) is 0 Å². The van der Waals surface area contributed by atoms with Crippen LogP contribution in [-0.2, 0) is 0 Å². The Morgan fingerprint density at radius 2 is 2.05 bits per heavy atom. The second-order valence-corrected chi connectivity index (χ2v) is 5.67. The Balaban J connectivity index is 2.03. The minimum absolute atomic E-state index is 0.0447. The summed E-state index contributed by atoms with van der Waals surface area (Å²) in [5.74, 6) is 1.10. The van der Waals surface area contributed by atoms with Crippen molar-refractivity contribution in [3.63, 3.8) is 0 Å². The Labute approximate surface area is 133 Å². The van der Waals surface area contributed by atoms with Crippen molar-refractivity contribution >= 4 is 37.6 Å². The molecule has 4 nitrogen and oxygen atoms in total. The first-order chi connectivity index (χ1) is 9.60. The molecule has 0 bridgehead atoms. The van der Waals surface area contributed by atoms with Gasteiger partial charge in [-0.1, -0.05) is 0 Å². The Hall–Kier alpha value is -1.40. The van der Waals surface area contributed by atoms with Gasteiger partial charge in [-0.05, 0) is 56.1 Å². The minimum atomic E-state index is -0.117. The van der Waals surface area contributed by atoms with E-state index in [-0.39, 0.29) is 12.4 Å². The van der Waals surface area contributed by atoms with Crippen LogP contribution >= 0.6 is 31.9 Å². The van der Waals surface area contributed by atoms with E-state index in [9.17, 15) is 4.79 Å². The molecule has 0 spiro atoms. The zero-order chi connectivity index (χ0) is 14.5. The zero-order valence-electron chi connectivity index (χ0n) is 10.6. The first kappa shape index (κ1) is 15.0. The van der Waals surface area contributed by atoms with E-state index >= 15 is 0 Å². The van der Waals surface area contributed by atoms with Crippen LogP contribution in [0.25, 0.3) is 0 Å². The first-order valence-electron chi connectivity index (χ1n) is 5.70. The number of ether oxygens (including phenoxy) is 2. The molecular formula is C14H11Br2NO3. The zero-order valence-corrected chi connectivity index (χ0v) is 13.8. The molecule has 0 aliphatic rings. The maximum absolute atomic E-state index is 12.0. The van der Waals surface area contributed by atoms with Gasteiger partial charge in [0.25, 0.3) is 0 Å². The van der Waals surface area contributed by atoms with Crippen LogP contribution in [0.1, 0.15) is 10.4 Å². The van der Waals surface area contributed by atoms with Crippen LogP contribution in [0.4, 0.5) is 0 Å². The highest BCUT2D eigenvalue weighted by atomic mass is 79.9. The van der Waals surface area contributed by atoms with E-state index in [0.717, 1.165) is 8.95 Å². The van der Waals surface area contributed by atoms with Gasteiger partial charge in [-0.25, -0.2) is 0 Å². The van der Waals surface area contributed by atoms with Crippen LogP contribution in [0.15, 0.2) is 45.6 Å². The van der Waals surface area contributed by atoms with Crippen molar-refractivity contribution in [1.82, 2.24) is 4.98 Å². The van der Waals surface area contributed by atoms with Crippen molar-refractivity contribution in [2.24, 2.45) is 0 Å². The molecule has 0 unspecified atom stereocenters. The second kappa shape index (κ2) is 6.85. The molecule has 20 heavy (non-hydrogen) atoms. The van der Waals surface area contributed by atoms with Gasteiger partial charge in [-0.2, -0.15) is 0 Å². The number of nitrogens with zero attached hydrogens (tertiary/aromatic N) is 1. The summed E-state index contributed by atoms with van der Waals surface area (Å²) >= 11 is 6.64. The largest absolute Gasteiger partial charge is 0.496 e. The van der Waals surface area contributed by atoms with Crippen molar-refractivity contribution in [3.8, 4) is 11.5 Å². The number of halogens is 2. The van der Waals surface area contributed by atoms with Gasteiger partial charge in [0.15, 0.2) is 12.4 Å². The Morgan fingerprint density at radius 3 is 2.70 bits per heavy atom. The smallest absolute Gasteiger partial charge is 0.200 e. The molecule has 1 aromatic heterocycles. The van der Waals surface area contributed by atoms with E-state index in [1.165, 1.54) is 0 Å². The summed E-state index contributed by atoms with van der Waals surface area (Å²) in [5.41, 5.74) is 0.556. The number of hydrogen-bond donors (Lipinski definition) is 0. The molecule has 2 rings (SSSR count). The summed E-state index contributed by atoms with van der Waals surface area (Å²) in [4.78, 5) is 16.0. The highest BCUT2D eigenvalue weighted by molar-refractivity contribution is 9.10. The fourth-order valence-corrected chi connectivity index (χ4v) is 2.43. The van der Waals surface area contributed by atoms with Gasteiger partial charge in [0.2, 0.25) is 0 Å². The number of methoxy groups -OCH3 is 1. The Bertz CT molecular complexity index is 632. The maximum Gasteiger partial charge on any atom is 0.200 e. The average Bonchev–Trinajstić information content (AvgIpc) is 2.44. The second-order valence-electron chi connectivity index (χ2n) is 3.90. The molecule has 6 heteroatoms. The lowest BCUT2D eigenvalue weighted by atomic mass is 10.1. The van der Waals surface area contributed by atoms with E-state index in [2.05, 4.69) is 36.8 Å². The lowest BCUT2D eigenvalue weighted by Crippen LogP contribution is -2.11. The number of carbonyl (C=O) groups excluding carboxylic acids is 1. The van der Waals surface area contributed by atoms with Gasteiger partial charge in [-0.15, -0.1) is 0 Å². The van der Waals surface area contributed by atoms with Crippen LogP contribution in [0, 0.1) is 0 Å². The van der Waals surface area contributed by atoms with Gasteiger partial charge in [0.1, 0.15) is 11.5 Å². The normalized spacial score (nSPS) is 10.2. The fraction of sp³-hybridized carbons (Fsp3) is 0.143. The van der Waals surface area contributed by atoms with Gasteiger partial charge >= 0.3 is 0 Å². The van der Waals surface area contributed by atoms with E-state index in [4.69, 9.17) is 9.47 Å². The molecule has 0 atom stereocenters. The third-order valence-corrected chi connectivity index (χ3v) is 3.58. The average molecular weight is 401 g/mol. The standard InChI is InChI=1S/C14H11Br2NO3/c1-19-14-3-2-9(4-12(14)16)13(18)8-20-11-5-10(15)6-17-7-11/h2-7H,8H2,1H3. The molecule has 0 fully saturated rings. The molecule has 2 aromatic rings. The highest BCUT2D eigenvalue weighted by Gasteiger charge is 2.10. The lowest BCUT2D eigenvalue weighted by Gasteiger charge is -2.07. The quantitative estimate of drug-likeness (QED) is 0.714. The van der Waals surface area contributed by atoms with E-state index in [0.29, 0.717) is 17.1 Å². The van der Waals surface area contributed by atoms with Gasteiger partial charge in [-0.3, -0.25) is 9.78 Å². The molecule has 0 N–H and O–H groups in total. The summed E-state index contributed by atoms with van der Waals surface area (Å²) in [7, 11) is 1.57. The Kier molecular flexibility index (Phi) is 5.14. The van der Waals surface area contributed by atoms with Crippen LogP contribution in [0.3, 0.4) is 0 Å². The summed E-state index contributed by atoms with van der Waals surface area (Å²) in [6.07, 6.45) is 3.21. The van der Waals surface area contributed by atoms with Gasteiger partial charge in [0, 0.05) is 16.2 Å². The summed E-state index contributed by atoms with van der Waals surface area (Å²) in [6.45, 7) is -0.0447. The molecule has 0 aliphatic carbocycles. The van der Waals surface area contributed by atoms with Crippen LogP contribution in [0.5, 0.6) is 11.5 Å². The highest BCUT2D eigenvalue weighted by Crippen LogP contribution is 2.25. The molecule has 0 radical (unpaired) electrons. The SMILES string of the molecule is COc1ccc(C(=O)COc2cncc(Br)c2)cc1Br. The van der Waals surface area contributed by atoms with Crippen molar-refractivity contribution in [1.29, 1.82) is 0 Å². The van der Waals surface area contributed by atoms with E-state index in [1.807, 2.05) is 0 Å². The number of benzene rings is 1. The molecule has 104 valence electrons. The topological polar surface area (TPSA) is 48.4 Å². The molecule has 0 saturated heterocycles. The number of carbonyl (C=O) groups is 1. The van der Waals surface area contributed by atoms with Crippen molar-refractivity contribution in [2.45, 2.75) is 0 Å². The fourth-order valence-electron chi connectivity index (χ4n) is 1.54. The predicted molar refractivity (Wildman–Crippen MR) is 82.5 cm³/mol. The molecular weight excluding hydrogens is 390 g/mol.